The van der Waals surface area contributed by atoms with E-state index in [0.717, 1.165) is 4.88 Å². The van der Waals surface area contributed by atoms with E-state index in [1.54, 1.807) is 31.3 Å². The Labute approximate surface area is 109 Å². The van der Waals surface area contributed by atoms with Gasteiger partial charge in [0.2, 0.25) is 0 Å². The molecule has 0 spiro atoms. The molecule has 0 saturated heterocycles. The molecule has 0 unspecified atom stereocenters. The molecule has 0 aliphatic rings. The first-order valence-electron chi connectivity index (χ1n) is 5.52. The Morgan fingerprint density at radius 3 is 2.94 bits per heavy atom. The Morgan fingerprint density at radius 2 is 2.28 bits per heavy atom. The number of benzene rings is 1. The number of thiophene rings is 1. The molecule has 2 nitrogen and oxygen atoms in total. The van der Waals surface area contributed by atoms with Gasteiger partial charge in [0.05, 0.1) is 10.6 Å². The summed E-state index contributed by atoms with van der Waals surface area (Å²) in [4.78, 5) is 16.6. The number of carbonyl (C=O) groups is 1. The molecule has 18 heavy (non-hydrogen) atoms. The van der Waals surface area contributed by atoms with Crippen LogP contribution in [0.15, 0.2) is 40.7 Å². The van der Waals surface area contributed by atoms with Crippen LogP contribution in [0.2, 0.25) is 0 Å². The Bertz CT molecular complexity index is 575. The molecule has 1 aromatic carbocycles. The van der Waals surface area contributed by atoms with Gasteiger partial charge in [-0.15, -0.1) is 11.3 Å². The summed E-state index contributed by atoms with van der Waals surface area (Å²) in [6, 6.07) is 8.26. The van der Waals surface area contributed by atoms with Crippen LogP contribution in [0, 0.1) is 12.7 Å². The molecule has 0 aliphatic carbocycles. The van der Waals surface area contributed by atoms with Crippen molar-refractivity contribution in [3.05, 3.63) is 52.0 Å². The van der Waals surface area contributed by atoms with E-state index in [1.165, 1.54) is 17.4 Å². The van der Waals surface area contributed by atoms with E-state index >= 15 is 0 Å². The van der Waals surface area contributed by atoms with Crippen LogP contribution in [0.5, 0.6) is 0 Å². The van der Waals surface area contributed by atoms with E-state index in [4.69, 9.17) is 0 Å². The normalized spacial score (nSPS) is 11.0. The van der Waals surface area contributed by atoms with E-state index in [9.17, 15) is 9.18 Å². The third kappa shape index (κ3) is 3.11. The SMILES string of the molecule is Cc1cc(N=CCC(=O)c2cccs2)ccc1F. The fourth-order valence-corrected chi connectivity index (χ4v) is 2.16. The fraction of sp³-hybridized carbons (Fsp3) is 0.143. The van der Waals surface area contributed by atoms with Gasteiger partial charge in [0, 0.05) is 12.6 Å². The zero-order valence-corrected chi connectivity index (χ0v) is 10.7. The molecule has 0 N–H and O–H groups in total. The second-order valence-electron chi connectivity index (χ2n) is 3.85. The predicted octanol–water partition coefficient (Wildman–Crippen LogP) is 4.17. The highest BCUT2D eigenvalue weighted by atomic mass is 32.1. The topological polar surface area (TPSA) is 29.4 Å². The number of aliphatic imine (C=N–C) groups is 1. The summed E-state index contributed by atoms with van der Waals surface area (Å²) in [6.45, 7) is 1.69. The van der Waals surface area contributed by atoms with Gasteiger partial charge in [0.15, 0.2) is 5.78 Å². The Kier molecular flexibility index (Phi) is 3.99. The first-order valence-corrected chi connectivity index (χ1v) is 6.40. The second-order valence-corrected chi connectivity index (χ2v) is 4.80. The average molecular weight is 261 g/mol. The lowest BCUT2D eigenvalue weighted by molar-refractivity contribution is 0.101. The van der Waals surface area contributed by atoms with Crippen molar-refractivity contribution in [3.8, 4) is 0 Å². The number of aryl methyl sites for hydroxylation is 1. The number of nitrogens with zero attached hydrogens (tertiary/aromatic N) is 1. The third-order valence-electron chi connectivity index (χ3n) is 2.45. The van der Waals surface area contributed by atoms with Crippen molar-refractivity contribution < 1.29 is 9.18 Å². The predicted molar refractivity (Wildman–Crippen MR) is 72.6 cm³/mol. The maximum absolute atomic E-state index is 13.0. The highest BCUT2D eigenvalue weighted by Crippen LogP contribution is 2.16. The molecule has 0 aliphatic heterocycles. The third-order valence-corrected chi connectivity index (χ3v) is 3.37. The monoisotopic (exact) mass is 261 g/mol. The van der Waals surface area contributed by atoms with Crippen molar-refractivity contribution in [2.75, 3.05) is 0 Å². The summed E-state index contributed by atoms with van der Waals surface area (Å²) in [5.41, 5.74) is 1.21. The fourth-order valence-electron chi connectivity index (χ4n) is 1.48. The number of Topliss-reactive ketones (excluding diaryl/α,β-unsaturated/α-hetero) is 1. The Morgan fingerprint density at radius 1 is 1.44 bits per heavy atom. The van der Waals surface area contributed by atoms with Crippen LogP contribution >= 0.6 is 11.3 Å². The molecule has 4 heteroatoms. The van der Waals surface area contributed by atoms with Crippen LogP contribution in [0.3, 0.4) is 0 Å². The number of halogens is 1. The first kappa shape index (κ1) is 12.6. The lowest BCUT2D eigenvalue weighted by Gasteiger charge is -1.97. The minimum Gasteiger partial charge on any atom is -0.293 e. The smallest absolute Gasteiger partial charge is 0.178 e. The van der Waals surface area contributed by atoms with Crippen LogP contribution in [-0.2, 0) is 0 Å². The molecule has 0 bridgehead atoms. The summed E-state index contributed by atoms with van der Waals surface area (Å²) in [7, 11) is 0. The number of rotatable bonds is 4. The molecule has 2 rings (SSSR count). The van der Waals surface area contributed by atoms with Gasteiger partial charge in [-0.1, -0.05) is 6.07 Å². The van der Waals surface area contributed by atoms with Crippen LogP contribution in [0.1, 0.15) is 21.7 Å². The molecule has 92 valence electrons. The molecule has 1 heterocycles. The Balaban J connectivity index is 1.99. The number of ketones is 1. The zero-order valence-electron chi connectivity index (χ0n) is 9.89. The minimum absolute atomic E-state index is 0.0487. The molecular formula is C14H12FNOS. The summed E-state index contributed by atoms with van der Waals surface area (Å²) in [5, 5.41) is 1.87. The van der Waals surface area contributed by atoms with Gasteiger partial charge in [-0.2, -0.15) is 0 Å². The number of carbonyl (C=O) groups excluding carboxylic acids is 1. The molecule has 0 radical (unpaired) electrons. The van der Waals surface area contributed by atoms with Gasteiger partial charge in [-0.3, -0.25) is 9.79 Å². The van der Waals surface area contributed by atoms with Crippen molar-refractivity contribution in [1.82, 2.24) is 0 Å². The number of hydrogen-bond donors (Lipinski definition) is 0. The standard InChI is InChI=1S/C14H12FNOS/c1-10-9-11(4-5-12(10)15)16-7-6-13(17)14-3-2-8-18-14/h2-5,7-9H,6H2,1H3. The van der Waals surface area contributed by atoms with Gasteiger partial charge in [-0.05, 0) is 42.1 Å². The first-order chi connectivity index (χ1) is 8.66. The highest BCUT2D eigenvalue weighted by Gasteiger charge is 2.04. The molecular weight excluding hydrogens is 249 g/mol. The van der Waals surface area contributed by atoms with Crippen molar-refractivity contribution in [2.24, 2.45) is 4.99 Å². The summed E-state index contributed by atoms with van der Waals surface area (Å²) in [6.07, 6.45) is 1.83. The van der Waals surface area contributed by atoms with Crippen LogP contribution in [0.25, 0.3) is 0 Å². The molecule has 0 amide bonds. The summed E-state index contributed by atoms with van der Waals surface area (Å²) < 4.78 is 13.0. The van der Waals surface area contributed by atoms with Crippen LogP contribution in [-0.4, -0.2) is 12.0 Å². The van der Waals surface area contributed by atoms with E-state index in [2.05, 4.69) is 4.99 Å². The van der Waals surface area contributed by atoms with Gasteiger partial charge in [0.25, 0.3) is 0 Å². The van der Waals surface area contributed by atoms with Crippen LogP contribution < -0.4 is 0 Å². The minimum atomic E-state index is -0.247. The van der Waals surface area contributed by atoms with Crippen LogP contribution in [0.4, 0.5) is 10.1 Å². The molecule has 0 atom stereocenters. The molecule has 2 aromatic rings. The molecule has 0 fully saturated rings. The van der Waals surface area contributed by atoms with Gasteiger partial charge < -0.3 is 0 Å². The van der Waals surface area contributed by atoms with E-state index in [-0.39, 0.29) is 18.0 Å². The quantitative estimate of drug-likeness (QED) is 0.600. The lowest BCUT2D eigenvalue weighted by atomic mass is 10.2. The van der Waals surface area contributed by atoms with E-state index in [1.807, 2.05) is 11.4 Å². The Hall–Kier alpha value is -1.81. The van der Waals surface area contributed by atoms with Crippen molar-refractivity contribution in [2.45, 2.75) is 13.3 Å². The van der Waals surface area contributed by atoms with Gasteiger partial charge in [0.1, 0.15) is 5.82 Å². The maximum Gasteiger partial charge on any atom is 0.178 e. The van der Waals surface area contributed by atoms with Gasteiger partial charge in [-0.25, -0.2) is 4.39 Å². The van der Waals surface area contributed by atoms with Gasteiger partial charge >= 0.3 is 0 Å². The second kappa shape index (κ2) is 5.69. The van der Waals surface area contributed by atoms with Crippen molar-refractivity contribution in [1.29, 1.82) is 0 Å². The molecule has 0 saturated carbocycles. The maximum atomic E-state index is 13.0. The summed E-state index contributed by atoms with van der Waals surface area (Å²) >= 11 is 1.42. The largest absolute Gasteiger partial charge is 0.293 e. The number of hydrogen-bond acceptors (Lipinski definition) is 3. The van der Waals surface area contributed by atoms with E-state index in [0.29, 0.717) is 11.3 Å². The molecule has 1 aromatic heterocycles. The average Bonchev–Trinajstić information content (AvgIpc) is 2.87. The zero-order chi connectivity index (χ0) is 13.0. The highest BCUT2D eigenvalue weighted by molar-refractivity contribution is 7.12. The van der Waals surface area contributed by atoms with E-state index < -0.39 is 0 Å². The van der Waals surface area contributed by atoms with Crippen molar-refractivity contribution >= 4 is 29.0 Å². The van der Waals surface area contributed by atoms with Crippen molar-refractivity contribution in [3.63, 3.8) is 0 Å². The summed E-state index contributed by atoms with van der Waals surface area (Å²) in [5.74, 6) is -0.198. The lowest BCUT2D eigenvalue weighted by Crippen LogP contribution is -1.95.